The zero-order valence-electron chi connectivity index (χ0n) is 11.1. The minimum Gasteiger partial charge on any atom is -0.497 e. The van der Waals surface area contributed by atoms with Crippen LogP contribution < -0.4 is 4.74 Å². The average Bonchev–Trinajstić information content (AvgIpc) is 2.61. The second-order valence-corrected chi connectivity index (χ2v) is 5.61. The lowest BCUT2D eigenvalue weighted by molar-refractivity contribution is 0.290. The van der Waals surface area contributed by atoms with Crippen molar-refractivity contribution in [3.63, 3.8) is 0 Å². The van der Waals surface area contributed by atoms with Crippen LogP contribution in [0.3, 0.4) is 0 Å². The van der Waals surface area contributed by atoms with E-state index >= 15 is 0 Å². The van der Waals surface area contributed by atoms with Crippen LogP contribution in [0.5, 0.6) is 5.75 Å². The molecule has 100 valence electrons. The summed E-state index contributed by atoms with van der Waals surface area (Å²) in [5.41, 5.74) is 1.34. The molecular formula is C15H22ClNO. The Morgan fingerprint density at radius 2 is 2.28 bits per heavy atom. The number of rotatable bonds is 4. The third kappa shape index (κ3) is 4.18. The van der Waals surface area contributed by atoms with Crippen molar-refractivity contribution in [2.24, 2.45) is 0 Å². The van der Waals surface area contributed by atoms with Crippen molar-refractivity contribution in [1.82, 2.24) is 4.90 Å². The third-order valence-electron chi connectivity index (χ3n) is 3.55. The minimum absolute atomic E-state index is 0.331. The van der Waals surface area contributed by atoms with Crippen LogP contribution in [0.2, 0.25) is 0 Å². The number of benzene rings is 1. The summed E-state index contributed by atoms with van der Waals surface area (Å²) < 4.78 is 5.25. The van der Waals surface area contributed by atoms with E-state index in [4.69, 9.17) is 16.3 Å². The average molecular weight is 268 g/mol. The highest BCUT2D eigenvalue weighted by Gasteiger charge is 2.15. The molecule has 0 N–H and O–H groups in total. The molecule has 1 aliphatic rings. The van der Waals surface area contributed by atoms with Crippen LogP contribution in [0.15, 0.2) is 24.3 Å². The Balaban J connectivity index is 1.85. The molecule has 0 aliphatic carbocycles. The number of alkyl halides is 1. The van der Waals surface area contributed by atoms with Crippen LogP contribution in [0.25, 0.3) is 0 Å². The summed E-state index contributed by atoms with van der Waals surface area (Å²) >= 11 is 6.28. The van der Waals surface area contributed by atoms with Gasteiger partial charge < -0.3 is 9.64 Å². The van der Waals surface area contributed by atoms with Gasteiger partial charge in [0.2, 0.25) is 0 Å². The molecule has 0 aromatic heterocycles. The molecule has 1 fully saturated rings. The Morgan fingerprint density at radius 1 is 1.39 bits per heavy atom. The van der Waals surface area contributed by atoms with Gasteiger partial charge in [-0.25, -0.2) is 0 Å². The smallest absolute Gasteiger partial charge is 0.119 e. The van der Waals surface area contributed by atoms with Crippen LogP contribution in [-0.4, -0.2) is 37.0 Å². The van der Waals surface area contributed by atoms with E-state index in [1.807, 2.05) is 6.07 Å². The van der Waals surface area contributed by atoms with Crippen molar-refractivity contribution in [1.29, 1.82) is 0 Å². The van der Waals surface area contributed by atoms with Gasteiger partial charge in [-0.05, 0) is 43.5 Å². The Morgan fingerprint density at radius 3 is 3.11 bits per heavy atom. The lowest BCUT2D eigenvalue weighted by atomic mass is 10.1. The Labute approximate surface area is 115 Å². The first-order valence-electron chi connectivity index (χ1n) is 6.77. The largest absolute Gasteiger partial charge is 0.497 e. The van der Waals surface area contributed by atoms with E-state index in [2.05, 4.69) is 23.1 Å². The summed E-state index contributed by atoms with van der Waals surface area (Å²) in [5.74, 6) is 0.943. The highest BCUT2D eigenvalue weighted by atomic mass is 35.5. The molecule has 0 saturated carbocycles. The molecule has 2 rings (SSSR count). The Hall–Kier alpha value is -0.730. The second kappa shape index (κ2) is 7.01. The van der Waals surface area contributed by atoms with Gasteiger partial charge in [-0.15, -0.1) is 11.6 Å². The topological polar surface area (TPSA) is 12.5 Å². The van der Waals surface area contributed by atoms with Gasteiger partial charge in [0, 0.05) is 18.5 Å². The lowest BCUT2D eigenvalue weighted by Gasteiger charge is -2.21. The zero-order chi connectivity index (χ0) is 12.8. The highest BCUT2D eigenvalue weighted by molar-refractivity contribution is 6.20. The standard InChI is InChI=1S/C15H22ClNO/c1-18-15-7-4-5-13(11-15)8-10-17-9-3-2-6-14(16)12-17/h4-5,7,11,14H,2-3,6,8-10,12H2,1H3/t14-/m1/s1. The lowest BCUT2D eigenvalue weighted by Crippen LogP contribution is -2.30. The normalized spacial score (nSPS) is 21.6. The molecule has 3 heteroatoms. The van der Waals surface area contributed by atoms with Gasteiger partial charge >= 0.3 is 0 Å². The third-order valence-corrected chi connectivity index (χ3v) is 3.91. The van der Waals surface area contributed by atoms with Gasteiger partial charge in [0.1, 0.15) is 5.75 Å². The fourth-order valence-electron chi connectivity index (χ4n) is 2.48. The monoisotopic (exact) mass is 267 g/mol. The first-order chi connectivity index (χ1) is 8.78. The summed E-state index contributed by atoms with van der Waals surface area (Å²) in [6, 6.07) is 8.33. The molecule has 1 aromatic rings. The molecule has 1 atom stereocenters. The number of hydrogen-bond acceptors (Lipinski definition) is 2. The van der Waals surface area contributed by atoms with Crippen LogP contribution in [0.4, 0.5) is 0 Å². The molecule has 0 amide bonds. The first-order valence-corrected chi connectivity index (χ1v) is 7.21. The minimum atomic E-state index is 0.331. The van der Waals surface area contributed by atoms with Gasteiger partial charge in [-0.2, -0.15) is 0 Å². The number of ether oxygens (including phenoxy) is 1. The zero-order valence-corrected chi connectivity index (χ0v) is 11.8. The second-order valence-electron chi connectivity index (χ2n) is 5.00. The van der Waals surface area contributed by atoms with E-state index in [0.29, 0.717) is 5.38 Å². The van der Waals surface area contributed by atoms with E-state index in [0.717, 1.165) is 31.7 Å². The molecule has 1 aliphatic heterocycles. The molecule has 1 aromatic carbocycles. The van der Waals surface area contributed by atoms with Crippen molar-refractivity contribution < 1.29 is 4.74 Å². The molecule has 2 nitrogen and oxygen atoms in total. The van der Waals surface area contributed by atoms with Crippen molar-refractivity contribution >= 4 is 11.6 Å². The number of nitrogens with zero attached hydrogens (tertiary/aromatic N) is 1. The summed E-state index contributed by atoms with van der Waals surface area (Å²) in [6.45, 7) is 3.31. The maximum atomic E-state index is 6.28. The molecule has 18 heavy (non-hydrogen) atoms. The number of halogens is 1. The molecular weight excluding hydrogens is 246 g/mol. The van der Waals surface area contributed by atoms with E-state index in [1.165, 1.54) is 24.9 Å². The predicted octanol–water partition coefficient (Wildman–Crippen LogP) is 3.33. The van der Waals surface area contributed by atoms with E-state index < -0.39 is 0 Å². The van der Waals surface area contributed by atoms with Crippen LogP contribution >= 0.6 is 11.6 Å². The van der Waals surface area contributed by atoms with Gasteiger partial charge in [0.05, 0.1) is 7.11 Å². The van der Waals surface area contributed by atoms with Crippen LogP contribution in [-0.2, 0) is 6.42 Å². The van der Waals surface area contributed by atoms with Gasteiger partial charge in [0.15, 0.2) is 0 Å². The Kier molecular flexibility index (Phi) is 5.33. The Bertz CT molecular complexity index is 369. The number of likely N-dealkylation sites (tertiary alicyclic amines) is 1. The van der Waals surface area contributed by atoms with Crippen molar-refractivity contribution in [3.05, 3.63) is 29.8 Å². The fraction of sp³-hybridized carbons (Fsp3) is 0.600. The molecule has 0 bridgehead atoms. The molecule has 0 spiro atoms. The van der Waals surface area contributed by atoms with Crippen molar-refractivity contribution in [2.75, 3.05) is 26.7 Å². The van der Waals surface area contributed by atoms with Crippen molar-refractivity contribution in [2.45, 2.75) is 31.1 Å². The van der Waals surface area contributed by atoms with E-state index in [1.54, 1.807) is 7.11 Å². The summed E-state index contributed by atoms with van der Waals surface area (Å²) in [4.78, 5) is 2.49. The van der Waals surface area contributed by atoms with Crippen molar-refractivity contribution in [3.8, 4) is 5.75 Å². The maximum Gasteiger partial charge on any atom is 0.119 e. The summed E-state index contributed by atoms with van der Waals surface area (Å²) in [6.07, 6.45) is 4.78. The predicted molar refractivity (Wildman–Crippen MR) is 76.6 cm³/mol. The van der Waals surface area contributed by atoms with E-state index in [9.17, 15) is 0 Å². The number of hydrogen-bond donors (Lipinski definition) is 0. The van der Waals surface area contributed by atoms with Gasteiger partial charge in [-0.3, -0.25) is 0 Å². The molecule has 1 saturated heterocycles. The molecule has 0 unspecified atom stereocenters. The van der Waals surface area contributed by atoms with Crippen LogP contribution in [0.1, 0.15) is 24.8 Å². The van der Waals surface area contributed by atoms with Crippen LogP contribution in [0, 0.1) is 0 Å². The highest BCUT2D eigenvalue weighted by Crippen LogP contribution is 2.17. The summed E-state index contributed by atoms with van der Waals surface area (Å²) in [5, 5.41) is 0.331. The SMILES string of the molecule is COc1cccc(CCN2CCCC[C@@H](Cl)C2)c1. The summed E-state index contributed by atoms with van der Waals surface area (Å²) in [7, 11) is 1.71. The fourth-order valence-corrected chi connectivity index (χ4v) is 2.83. The van der Waals surface area contributed by atoms with Gasteiger partial charge in [0.25, 0.3) is 0 Å². The quantitative estimate of drug-likeness (QED) is 0.776. The maximum absolute atomic E-state index is 6.28. The number of methoxy groups -OCH3 is 1. The molecule has 0 radical (unpaired) electrons. The molecule has 1 heterocycles. The first kappa shape index (κ1) is 13.7. The van der Waals surface area contributed by atoms with E-state index in [-0.39, 0.29) is 0 Å². The van der Waals surface area contributed by atoms with Gasteiger partial charge in [-0.1, -0.05) is 18.6 Å².